The van der Waals surface area contributed by atoms with Gasteiger partial charge in [-0.3, -0.25) is 4.79 Å². The molecule has 3 heterocycles. The van der Waals surface area contributed by atoms with Crippen molar-refractivity contribution in [3.8, 4) is 39.4 Å². The van der Waals surface area contributed by atoms with E-state index >= 15 is 0 Å². The van der Waals surface area contributed by atoms with Crippen LogP contribution in [-0.2, 0) is 6.18 Å². The van der Waals surface area contributed by atoms with Crippen LogP contribution in [-0.4, -0.2) is 31.5 Å². The number of oxazole rings is 1. The molecule has 11 heteroatoms. The van der Waals surface area contributed by atoms with Crippen LogP contribution in [0.2, 0.25) is 0 Å². The van der Waals surface area contributed by atoms with Crippen LogP contribution in [0.5, 0.6) is 0 Å². The van der Waals surface area contributed by atoms with E-state index in [4.69, 9.17) is 4.42 Å². The van der Waals surface area contributed by atoms with Gasteiger partial charge in [-0.05, 0) is 67.4 Å². The van der Waals surface area contributed by atoms with Crippen LogP contribution in [0.25, 0.3) is 39.4 Å². The second-order valence-corrected chi connectivity index (χ2v) is 8.50. The Morgan fingerprint density at radius 3 is 2.45 bits per heavy atom. The molecule has 0 saturated carbocycles. The van der Waals surface area contributed by atoms with Gasteiger partial charge in [-0.25, -0.2) is 4.98 Å². The third kappa shape index (κ3) is 4.90. The Hall–Kier alpha value is -4.80. The fourth-order valence-electron chi connectivity index (χ4n) is 4.14. The van der Waals surface area contributed by atoms with E-state index in [1.165, 1.54) is 37.0 Å². The third-order valence-electron chi connectivity index (χ3n) is 5.82. The highest BCUT2D eigenvalue weighted by molar-refractivity contribution is 5.72. The zero-order chi connectivity index (χ0) is 26.9. The highest BCUT2D eigenvalue weighted by Crippen LogP contribution is 2.36. The Morgan fingerprint density at radius 1 is 0.947 bits per heavy atom. The SMILES string of the molecule is CCNc1cc(-c2cc(C)cc(-c3cnco3)c2)nn(-c2cc(-c3ccnnc3)ccc2C(F)(F)F)c1=O. The van der Waals surface area contributed by atoms with E-state index < -0.39 is 23.0 Å². The molecule has 0 aliphatic heterocycles. The van der Waals surface area contributed by atoms with Gasteiger partial charge in [0.2, 0.25) is 0 Å². The molecule has 0 atom stereocenters. The minimum atomic E-state index is -4.73. The summed E-state index contributed by atoms with van der Waals surface area (Å²) in [5.74, 6) is 0.521. The monoisotopic (exact) mass is 518 g/mol. The molecule has 192 valence electrons. The number of aromatic nitrogens is 5. The average Bonchev–Trinajstić information content (AvgIpc) is 3.45. The van der Waals surface area contributed by atoms with Crippen molar-refractivity contribution < 1.29 is 17.6 Å². The maximum atomic E-state index is 14.1. The molecule has 8 nitrogen and oxygen atoms in total. The maximum Gasteiger partial charge on any atom is 0.418 e. The minimum Gasteiger partial charge on any atom is -0.444 e. The lowest BCUT2D eigenvalue weighted by molar-refractivity contribution is -0.137. The molecule has 3 aromatic heterocycles. The number of benzene rings is 2. The quantitative estimate of drug-likeness (QED) is 0.305. The standard InChI is InChI=1S/C27H21F3N6O2/c1-3-32-23-12-22(19-8-16(2)9-20(10-19)25-14-31-15-38-25)35-36(26(23)37)24-11-17(18-6-7-33-34-13-18)4-5-21(24)27(28,29)30/h4-15,32H,3H2,1-2H3. The Kier molecular flexibility index (Phi) is 6.50. The molecule has 0 fully saturated rings. The molecule has 0 bridgehead atoms. The van der Waals surface area contributed by atoms with Gasteiger partial charge in [0.15, 0.2) is 12.2 Å². The van der Waals surface area contributed by atoms with Crippen molar-refractivity contribution in [2.75, 3.05) is 11.9 Å². The van der Waals surface area contributed by atoms with Gasteiger partial charge in [-0.2, -0.15) is 33.1 Å². The zero-order valence-electron chi connectivity index (χ0n) is 20.3. The van der Waals surface area contributed by atoms with Crippen LogP contribution >= 0.6 is 0 Å². The van der Waals surface area contributed by atoms with E-state index in [-0.39, 0.29) is 5.69 Å². The Labute approximate surface area is 214 Å². The number of rotatable bonds is 6. The number of hydrogen-bond acceptors (Lipinski definition) is 7. The lowest BCUT2D eigenvalue weighted by atomic mass is 10.0. The molecular formula is C27H21F3N6O2. The summed E-state index contributed by atoms with van der Waals surface area (Å²) in [7, 11) is 0. The van der Waals surface area contributed by atoms with E-state index in [1.807, 2.05) is 19.1 Å². The molecular weight excluding hydrogens is 497 g/mol. The van der Waals surface area contributed by atoms with Crippen LogP contribution in [0.4, 0.5) is 18.9 Å². The van der Waals surface area contributed by atoms with Crippen LogP contribution in [0.3, 0.4) is 0 Å². The number of anilines is 1. The molecule has 5 rings (SSSR count). The molecule has 0 saturated heterocycles. The highest BCUT2D eigenvalue weighted by atomic mass is 19.4. The first kappa shape index (κ1) is 24.9. The van der Waals surface area contributed by atoms with E-state index in [0.29, 0.717) is 40.3 Å². The highest BCUT2D eigenvalue weighted by Gasteiger charge is 2.35. The summed E-state index contributed by atoms with van der Waals surface area (Å²) in [5.41, 5.74) is 1.44. The van der Waals surface area contributed by atoms with Gasteiger partial charge in [-0.15, -0.1) is 0 Å². The molecule has 0 spiro atoms. The zero-order valence-corrected chi connectivity index (χ0v) is 20.3. The summed E-state index contributed by atoms with van der Waals surface area (Å²) in [6, 6.07) is 12.2. The molecule has 0 amide bonds. The van der Waals surface area contributed by atoms with Crippen molar-refractivity contribution in [3.63, 3.8) is 0 Å². The first-order valence-electron chi connectivity index (χ1n) is 11.6. The topological polar surface area (TPSA) is 98.7 Å². The van der Waals surface area contributed by atoms with Crippen molar-refractivity contribution in [1.29, 1.82) is 0 Å². The van der Waals surface area contributed by atoms with Crippen molar-refractivity contribution in [3.05, 3.63) is 95.0 Å². The summed E-state index contributed by atoms with van der Waals surface area (Å²) in [6.45, 7) is 4.04. The minimum absolute atomic E-state index is 0.115. The van der Waals surface area contributed by atoms with E-state index in [0.717, 1.165) is 16.3 Å². The first-order valence-corrected chi connectivity index (χ1v) is 11.6. The van der Waals surface area contributed by atoms with Gasteiger partial charge in [0.05, 0.1) is 35.5 Å². The lowest BCUT2D eigenvalue weighted by Crippen LogP contribution is -2.27. The van der Waals surface area contributed by atoms with Crippen LogP contribution < -0.4 is 10.9 Å². The molecule has 1 N–H and O–H groups in total. The number of aryl methyl sites for hydroxylation is 1. The number of nitrogens with one attached hydrogen (secondary N) is 1. The molecule has 38 heavy (non-hydrogen) atoms. The van der Waals surface area contributed by atoms with Gasteiger partial charge in [0, 0.05) is 23.2 Å². The van der Waals surface area contributed by atoms with Gasteiger partial charge >= 0.3 is 6.18 Å². The summed E-state index contributed by atoms with van der Waals surface area (Å²) < 4.78 is 48.6. The van der Waals surface area contributed by atoms with Crippen molar-refractivity contribution >= 4 is 5.69 Å². The summed E-state index contributed by atoms with van der Waals surface area (Å²) in [5, 5.41) is 14.9. The summed E-state index contributed by atoms with van der Waals surface area (Å²) in [4.78, 5) is 17.4. The fraction of sp³-hybridized carbons (Fsp3) is 0.148. The normalized spacial score (nSPS) is 11.5. The Morgan fingerprint density at radius 2 is 1.76 bits per heavy atom. The van der Waals surface area contributed by atoms with E-state index in [2.05, 4.69) is 25.6 Å². The molecule has 0 unspecified atom stereocenters. The predicted molar refractivity (Wildman–Crippen MR) is 136 cm³/mol. The van der Waals surface area contributed by atoms with E-state index in [1.54, 1.807) is 25.3 Å². The largest absolute Gasteiger partial charge is 0.444 e. The van der Waals surface area contributed by atoms with Crippen LogP contribution in [0.15, 0.2) is 82.7 Å². The average molecular weight is 518 g/mol. The third-order valence-corrected chi connectivity index (χ3v) is 5.82. The molecule has 0 aliphatic rings. The fourth-order valence-corrected chi connectivity index (χ4v) is 4.14. The number of hydrogen-bond donors (Lipinski definition) is 1. The predicted octanol–water partition coefficient (Wildman–Crippen LogP) is 5.77. The second-order valence-electron chi connectivity index (χ2n) is 8.50. The number of nitrogens with zero attached hydrogens (tertiary/aromatic N) is 5. The Bertz CT molecular complexity index is 1650. The smallest absolute Gasteiger partial charge is 0.418 e. The van der Waals surface area contributed by atoms with E-state index in [9.17, 15) is 18.0 Å². The maximum absolute atomic E-state index is 14.1. The molecule has 0 radical (unpaired) electrons. The molecule has 0 aliphatic carbocycles. The van der Waals surface area contributed by atoms with Gasteiger partial charge in [0.25, 0.3) is 5.56 Å². The van der Waals surface area contributed by atoms with Crippen molar-refractivity contribution in [1.82, 2.24) is 25.0 Å². The number of alkyl halides is 3. The number of halogens is 3. The van der Waals surface area contributed by atoms with Crippen LogP contribution in [0.1, 0.15) is 18.1 Å². The van der Waals surface area contributed by atoms with Crippen molar-refractivity contribution in [2.45, 2.75) is 20.0 Å². The second kappa shape index (κ2) is 9.92. The molecule has 5 aromatic rings. The van der Waals surface area contributed by atoms with Crippen LogP contribution in [0, 0.1) is 6.92 Å². The van der Waals surface area contributed by atoms with Gasteiger partial charge < -0.3 is 9.73 Å². The van der Waals surface area contributed by atoms with Crippen molar-refractivity contribution in [2.24, 2.45) is 0 Å². The van der Waals surface area contributed by atoms with Gasteiger partial charge in [0.1, 0.15) is 5.69 Å². The van der Waals surface area contributed by atoms with Gasteiger partial charge in [-0.1, -0.05) is 6.07 Å². The lowest BCUT2D eigenvalue weighted by Gasteiger charge is -2.17. The Balaban J connectivity index is 1.76. The molecule has 2 aromatic carbocycles. The summed E-state index contributed by atoms with van der Waals surface area (Å²) in [6.07, 6.45) is 1.00. The summed E-state index contributed by atoms with van der Waals surface area (Å²) >= 11 is 0. The first-order chi connectivity index (χ1) is 18.2.